The van der Waals surface area contributed by atoms with E-state index in [2.05, 4.69) is 30.1 Å². The average Bonchev–Trinajstić information content (AvgIpc) is 2.96. The largest absolute Gasteiger partial charge is 0.495 e. The molecule has 3 aromatic rings. The van der Waals surface area contributed by atoms with Crippen molar-refractivity contribution in [2.75, 3.05) is 7.11 Å². The van der Waals surface area contributed by atoms with Crippen LogP contribution in [0.5, 0.6) is 5.75 Å². The molecule has 0 aliphatic heterocycles. The fourth-order valence-corrected chi connectivity index (χ4v) is 2.26. The lowest BCUT2D eigenvalue weighted by molar-refractivity contribution is 0.373. The lowest BCUT2D eigenvalue weighted by atomic mass is 10.1. The van der Waals surface area contributed by atoms with E-state index in [1.807, 2.05) is 12.1 Å². The number of nitrogens with zero attached hydrogens (tertiary/aromatic N) is 2. The average molecular weight is 302 g/mol. The van der Waals surface area contributed by atoms with Crippen molar-refractivity contribution in [3.8, 4) is 17.1 Å². The van der Waals surface area contributed by atoms with Crippen molar-refractivity contribution in [2.24, 2.45) is 0 Å². The number of hydrogen-bond donors (Lipinski definition) is 0. The fourth-order valence-electron chi connectivity index (χ4n) is 2.03. The molecule has 21 heavy (non-hydrogen) atoms. The third-order valence-corrected chi connectivity index (χ3v) is 3.53. The summed E-state index contributed by atoms with van der Waals surface area (Å²) in [6, 6.07) is 10.4. The lowest BCUT2D eigenvalue weighted by Gasteiger charge is -2.05. The molecule has 0 bridgehead atoms. The van der Waals surface area contributed by atoms with Crippen LogP contribution in [0.4, 0.5) is 0 Å². The van der Waals surface area contributed by atoms with Crippen LogP contribution < -0.4 is 4.74 Å². The standard InChI is InChI=1S/C16H14ClN2O2/c1-9(2)15-8-14(19-21-15)12-5-4-10-6-16(20-3)11(17)7-13(10)18-12/h5-9H,1-3H3. The number of ether oxygens (including phenoxy) is 1. The SMILES string of the molecule is COc1cc2[c]cc(-c3cc(C(C)C)on3)nc2cc1Cl. The Morgan fingerprint density at radius 2 is 2.05 bits per heavy atom. The molecule has 0 N–H and O–H groups in total. The Morgan fingerprint density at radius 1 is 1.24 bits per heavy atom. The Balaban J connectivity index is 2.07. The van der Waals surface area contributed by atoms with Crippen LogP contribution in [0.25, 0.3) is 22.3 Å². The van der Waals surface area contributed by atoms with Crippen LogP contribution in [-0.4, -0.2) is 17.3 Å². The molecule has 0 amide bonds. The van der Waals surface area contributed by atoms with Gasteiger partial charge in [0.1, 0.15) is 17.2 Å². The molecule has 4 nitrogen and oxygen atoms in total. The van der Waals surface area contributed by atoms with Crippen molar-refractivity contribution in [2.45, 2.75) is 19.8 Å². The molecule has 3 rings (SSSR count). The Bertz CT molecular complexity index is 796. The van der Waals surface area contributed by atoms with Gasteiger partial charge in [0, 0.05) is 17.4 Å². The van der Waals surface area contributed by atoms with Gasteiger partial charge in [-0.3, -0.25) is 0 Å². The maximum absolute atomic E-state index is 6.13. The van der Waals surface area contributed by atoms with Gasteiger partial charge in [-0.15, -0.1) is 0 Å². The van der Waals surface area contributed by atoms with Gasteiger partial charge in [-0.25, -0.2) is 4.98 Å². The smallest absolute Gasteiger partial charge is 0.139 e. The van der Waals surface area contributed by atoms with Gasteiger partial charge < -0.3 is 9.26 Å². The number of halogens is 1. The maximum Gasteiger partial charge on any atom is 0.139 e. The summed E-state index contributed by atoms with van der Waals surface area (Å²) >= 11 is 6.13. The highest BCUT2D eigenvalue weighted by Gasteiger charge is 2.12. The van der Waals surface area contributed by atoms with Crippen molar-refractivity contribution in [1.29, 1.82) is 0 Å². The fraction of sp³-hybridized carbons (Fsp3) is 0.250. The number of rotatable bonds is 3. The Morgan fingerprint density at radius 3 is 2.71 bits per heavy atom. The summed E-state index contributed by atoms with van der Waals surface area (Å²) in [5.74, 6) is 1.73. The molecule has 0 aliphatic rings. The van der Waals surface area contributed by atoms with Gasteiger partial charge in [-0.2, -0.15) is 0 Å². The van der Waals surface area contributed by atoms with Crippen LogP contribution in [0.3, 0.4) is 0 Å². The molecule has 5 heteroatoms. The molecule has 0 spiro atoms. The monoisotopic (exact) mass is 301 g/mol. The van der Waals surface area contributed by atoms with E-state index in [4.69, 9.17) is 20.9 Å². The molecule has 0 saturated carbocycles. The van der Waals surface area contributed by atoms with Crippen LogP contribution >= 0.6 is 11.6 Å². The number of methoxy groups -OCH3 is 1. The molecule has 2 aromatic heterocycles. The molecule has 0 atom stereocenters. The predicted molar refractivity (Wildman–Crippen MR) is 81.7 cm³/mol. The lowest BCUT2D eigenvalue weighted by Crippen LogP contribution is -1.89. The Hall–Kier alpha value is -2.07. The minimum Gasteiger partial charge on any atom is -0.495 e. The van der Waals surface area contributed by atoms with E-state index in [0.717, 1.165) is 16.7 Å². The molecule has 1 radical (unpaired) electrons. The Labute approximate surface area is 127 Å². The van der Waals surface area contributed by atoms with Gasteiger partial charge >= 0.3 is 0 Å². The van der Waals surface area contributed by atoms with Crippen LogP contribution in [0.1, 0.15) is 25.5 Å². The van der Waals surface area contributed by atoms with E-state index in [1.165, 1.54) is 0 Å². The van der Waals surface area contributed by atoms with E-state index < -0.39 is 0 Å². The molecular formula is C16H14ClN2O2. The summed E-state index contributed by atoms with van der Waals surface area (Å²) in [7, 11) is 1.58. The maximum atomic E-state index is 6.13. The molecule has 1 aromatic carbocycles. The second kappa shape index (κ2) is 5.37. The zero-order valence-electron chi connectivity index (χ0n) is 12.0. The highest BCUT2D eigenvalue weighted by atomic mass is 35.5. The summed E-state index contributed by atoms with van der Waals surface area (Å²) in [5.41, 5.74) is 2.15. The van der Waals surface area contributed by atoms with E-state index in [1.54, 1.807) is 19.2 Å². The number of benzene rings is 1. The first-order chi connectivity index (χ1) is 10.1. The molecule has 107 valence electrons. The first-order valence-corrected chi connectivity index (χ1v) is 6.99. The third kappa shape index (κ3) is 2.59. The van der Waals surface area contributed by atoms with Gasteiger partial charge in [-0.1, -0.05) is 30.6 Å². The summed E-state index contributed by atoms with van der Waals surface area (Å²) in [5, 5.41) is 5.42. The van der Waals surface area contributed by atoms with Crippen LogP contribution in [-0.2, 0) is 0 Å². The van der Waals surface area contributed by atoms with E-state index >= 15 is 0 Å². The van der Waals surface area contributed by atoms with Crippen molar-refractivity contribution >= 4 is 22.5 Å². The third-order valence-electron chi connectivity index (χ3n) is 3.24. The predicted octanol–water partition coefficient (Wildman–Crippen LogP) is 4.48. The van der Waals surface area contributed by atoms with Crippen LogP contribution in [0.2, 0.25) is 5.02 Å². The number of pyridine rings is 1. The first-order valence-electron chi connectivity index (χ1n) is 6.61. The molecule has 0 unspecified atom stereocenters. The minimum absolute atomic E-state index is 0.286. The van der Waals surface area contributed by atoms with Crippen molar-refractivity contribution in [3.05, 3.63) is 41.1 Å². The molecular weight excluding hydrogens is 288 g/mol. The first kappa shape index (κ1) is 13.9. The van der Waals surface area contributed by atoms with Gasteiger partial charge in [0.15, 0.2) is 0 Å². The van der Waals surface area contributed by atoms with Crippen molar-refractivity contribution in [3.63, 3.8) is 0 Å². The summed E-state index contributed by atoms with van der Waals surface area (Å²) < 4.78 is 10.5. The van der Waals surface area contributed by atoms with Crippen LogP contribution in [0, 0.1) is 6.07 Å². The highest BCUT2D eigenvalue weighted by molar-refractivity contribution is 6.32. The zero-order valence-corrected chi connectivity index (χ0v) is 12.7. The quantitative estimate of drug-likeness (QED) is 0.716. The minimum atomic E-state index is 0.286. The highest BCUT2D eigenvalue weighted by Crippen LogP contribution is 2.30. The van der Waals surface area contributed by atoms with E-state index in [0.29, 0.717) is 22.2 Å². The zero-order chi connectivity index (χ0) is 15.0. The number of aromatic nitrogens is 2. The summed E-state index contributed by atoms with van der Waals surface area (Å²) in [6.45, 7) is 4.10. The van der Waals surface area contributed by atoms with E-state index in [-0.39, 0.29) is 5.92 Å². The van der Waals surface area contributed by atoms with Gasteiger partial charge in [0.2, 0.25) is 0 Å². The molecule has 0 aliphatic carbocycles. The molecule has 0 saturated heterocycles. The molecule has 2 heterocycles. The van der Waals surface area contributed by atoms with Crippen LogP contribution in [0.15, 0.2) is 28.8 Å². The van der Waals surface area contributed by atoms with Gasteiger partial charge in [0.25, 0.3) is 0 Å². The van der Waals surface area contributed by atoms with E-state index in [9.17, 15) is 0 Å². The van der Waals surface area contributed by atoms with Crippen molar-refractivity contribution in [1.82, 2.24) is 10.1 Å². The Kier molecular flexibility index (Phi) is 3.55. The number of hydrogen-bond acceptors (Lipinski definition) is 4. The number of fused-ring (bicyclic) bond motifs is 1. The second-order valence-corrected chi connectivity index (χ2v) is 5.47. The van der Waals surface area contributed by atoms with Crippen molar-refractivity contribution < 1.29 is 9.26 Å². The molecule has 0 fully saturated rings. The topological polar surface area (TPSA) is 48.2 Å². The normalized spacial score (nSPS) is 11.3. The van der Waals surface area contributed by atoms with Gasteiger partial charge in [0.05, 0.1) is 23.3 Å². The summed E-state index contributed by atoms with van der Waals surface area (Å²) in [4.78, 5) is 4.56. The van der Waals surface area contributed by atoms with Gasteiger partial charge in [-0.05, 0) is 24.3 Å². The summed E-state index contributed by atoms with van der Waals surface area (Å²) in [6.07, 6.45) is 0. The second-order valence-electron chi connectivity index (χ2n) is 5.06.